The van der Waals surface area contributed by atoms with Crippen molar-refractivity contribution in [2.45, 2.75) is 13.5 Å². The number of ether oxygens (including phenoxy) is 1. The molecule has 17 nitrogen and oxygen atoms in total. The maximum Gasteiger partial charge on any atom is 0.304 e. The van der Waals surface area contributed by atoms with Gasteiger partial charge in [0.05, 0.1) is 10.5 Å². The number of para-hydroxylation sites is 1. The maximum absolute atomic E-state index is 11.3. The van der Waals surface area contributed by atoms with Crippen molar-refractivity contribution in [2.75, 3.05) is 26.5 Å². The molecule has 0 saturated carbocycles. The second kappa shape index (κ2) is 10.9. The van der Waals surface area contributed by atoms with Crippen molar-refractivity contribution in [1.82, 2.24) is 15.0 Å². The summed E-state index contributed by atoms with van der Waals surface area (Å²) < 4.78 is 4.44. The molecule has 1 aromatic carbocycles. The summed E-state index contributed by atoms with van der Waals surface area (Å²) in [5.74, 6) is -0.849. The van der Waals surface area contributed by atoms with Gasteiger partial charge in [0.2, 0.25) is 13.4 Å². The second-order valence-corrected chi connectivity index (χ2v) is 5.63. The van der Waals surface area contributed by atoms with Gasteiger partial charge in [-0.05, 0) is 0 Å². The van der Waals surface area contributed by atoms with Gasteiger partial charge >= 0.3 is 5.97 Å². The van der Waals surface area contributed by atoms with Gasteiger partial charge in [-0.1, -0.05) is 23.2 Å². The standard InChI is InChI=1S/C13H17N7O10/c1-11(21)30-10-16(20(28)29)9-15(19(26)27)7-6-14(18(24)25)8-12-4-2-3-5-13(12)17(22)23/h2-5H,6-10H2,1H3. The van der Waals surface area contributed by atoms with Crippen molar-refractivity contribution in [1.29, 1.82) is 0 Å². The number of nitro benzene ring substituents is 1. The summed E-state index contributed by atoms with van der Waals surface area (Å²) in [6, 6.07) is 5.27. The zero-order valence-electron chi connectivity index (χ0n) is 15.6. The summed E-state index contributed by atoms with van der Waals surface area (Å²) in [5.41, 5.74) is -0.356. The highest BCUT2D eigenvalue weighted by molar-refractivity contribution is 5.65. The average molecular weight is 431 g/mol. The molecule has 0 spiro atoms. The van der Waals surface area contributed by atoms with Crippen LogP contribution in [0.2, 0.25) is 0 Å². The molecule has 0 N–H and O–H groups in total. The third kappa shape index (κ3) is 7.37. The van der Waals surface area contributed by atoms with E-state index in [-0.39, 0.29) is 16.3 Å². The Morgan fingerprint density at radius 2 is 1.43 bits per heavy atom. The largest absolute Gasteiger partial charge is 0.439 e. The van der Waals surface area contributed by atoms with E-state index in [1.54, 1.807) is 0 Å². The van der Waals surface area contributed by atoms with Gasteiger partial charge in [-0.3, -0.25) is 14.9 Å². The van der Waals surface area contributed by atoms with Crippen LogP contribution in [0.25, 0.3) is 0 Å². The summed E-state index contributed by atoms with van der Waals surface area (Å²) in [6.45, 7) is -2.58. The SMILES string of the molecule is CC(=O)OCN(CN(CCN(Cc1ccccc1[N+](=O)[O-])[N+](=O)[O-])[N+](=O)[O-])[N+](=O)[O-]. The Bertz CT molecular complexity index is 819. The summed E-state index contributed by atoms with van der Waals surface area (Å²) in [4.78, 5) is 54.5. The number of hydrogen-bond donors (Lipinski definition) is 0. The van der Waals surface area contributed by atoms with Crippen molar-refractivity contribution in [2.24, 2.45) is 0 Å². The third-order valence-corrected chi connectivity index (χ3v) is 3.59. The number of hydrogen-bond acceptors (Lipinski definition) is 10. The predicted octanol–water partition coefficient (Wildman–Crippen LogP) is 0.0540. The quantitative estimate of drug-likeness (QED) is 0.175. The first kappa shape index (κ1) is 23.7. The minimum atomic E-state index is -1.03. The van der Waals surface area contributed by atoms with E-state index in [4.69, 9.17) is 0 Å². The molecule has 1 aromatic rings. The van der Waals surface area contributed by atoms with Gasteiger partial charge in [-0.15, -0.1) is 10.0 Å². The molecule has 1 rings (SSSR count). The first-order valence-corrected chi connectivity index (χ1v) is 8.06. The normalized spacial score (nSPS) is 10.0. The summed E-state index contributed by atoms with van der Waals surface area (Å²) in [5, 5.41) is 42.6. The number of nitrogens with zero attached hydrogens (tertiary/aromatic N) is 7. The molecule has 0 saturated heterocycles. The van der Waals surface area contributed by atoms with Gasteiger partial charge in [-0.2, -0.15) is 0 Å². The lowest BCUT2D eigenvalue weighted by molar-refractivity contribution is -0.718. The highest BCUT2D eigenvalue weighted by Crippen LogP contribution is 2.19. The van der Waals surface area contributed by atoms with Crippen LogP contribution >= 0.6 is 0 Å². The van der Waals surface area contributed by atoms with Gasteiger partial charge in [0, 0.05) is 13.0 Å². The molecule has 30 heavy (non-hydrogen) atoms. The summed E-state index contributed by atoms with van der Waals surface area (Å²) in [6.07, 6.45) is 0. The summed E-state index contributed by atoms with van der Waals surface area (Å²) in [7, 11) is 0. The van der Waals surface area contributed by atoms with E-state index in [2.05, 4.69) is 4.74 Å². The van der Waals surface area contributed by atoms with E-state index in [1.807, 2.05) is 0 Å². The van der Waals surface area contributed by atoms with Gasteiger partial charge < -0.3 is 4.74 Å². The smallest absolute Gasteiger partial charge is 0.304 e. The zero-order chi connectivity index (χ0) is 22.8. The van der Waals surface area contributed by atoms with Crippen molar-refractivity contribution in [3.63, 3.8) is 0 Å². The molecule has 0 aliphatic heterocycles. The van der Waals surface area contributed by atoms with E-state index in [1.165, 1.54) is 18.2 Å². The fourth-order valence-corrected chi connectivity index (χ4v) is 2.17. The Kier molecular flexibility index (Phi) is 8.60. The van der Waals surface area contributed by atoms with Crippen LogP contribution in [0.15, 0.2) is 24.3 Å². The van der Waals surface area contributed by atoms with Gasteiger partial charge in [0.15, 0.2) is 15.1 Å². The number of nitro groups is 4. The lowest BCUT2D eigenvalue weighted by Crippen LogP contribution is -2.48. The average Bonchev–Trinajstić information content (AvgIpc) is 2.65. The molecule has 0 radical (unpaired) electrons. The van der Waals surface area contributed by atoms with Crippen LogP contribution in [-0.2, 0) is 16.1 Å². The number of rotatable bonds is 13. The molecular weight excluding hydrogens is 414 g/mol. The molecule has 0 fully saturated rings. The molecule has 0 aliphatic rings. The van der Waals surface area contributed by atoms with Crippen molar-refractivity contribution in [3.8, 4) is 0 Å². The monoisotopic (exact) mass is 431 g/mol. The van der Waals surface area contributed by atoms with E-state index in [0.717, 1.165) is 13.0 Å². The molecule has 0 bridgehead atoms. The van der Waals surface area contributed by atoms with Crippen molar-refractivity contribution in [3.05, 3.63) is 70.3 Å². The van der Waals surface area contributed by atoms with Crippen LogP contribution in [0.5, 0.6) is 0 Å². The van der Waals surface area contributed by atoms with E-state index in [0.29, 0.717) is 10.0 Å². The van der Waals surface area contributed by atoms with E-state index >= 15 is 0 Å². The van der Waals surface area contributed by atoms with E-state index < -0.39 is 59.0 Å². The highest BCUT2D eigenvalue weighted by Gasteiger charge is 2.29. The van der Waals surface area contributed by atoms with Crippen LogP contribution in [0, 0.1) is 40.5 Å². The summed E-state index contributed by atoms with van der Waals surface area (Å²) >= 11 is 0. The third-order valence-electron chi connectivity index (χ3n) is 3.59. The second-order valence-electron chi connectivity index (χ2n) is 5.63. The van der Waals surface area contributed by atoms with Gasteiger partial charge in [-0.25, -0.2) is 30.3 Å². The first-order chi connectivity index (χ1) is 14.0. The Morgan fingerprint density at radius 3 is 1.93 bits per heavy atom. The van der Waals surface area contributed by atoms with Crippen LogP contribution in [0.4, 0.5) is 5.69 Å². The molecular formula is C13H17N7O10. The Morgan fingerprint density at radius 1 is 0.900 bits per heavy atom. The first-order valence-electron chi connectivity index (χ1n) is 8.06. The minimum Gasteiger partial charge on any atom is -0.439 e. The Balaban J connectivity index is 2.88. The zero-order valence-corrected chi connectivity index (χ0v) is 15.6. The Hall–Kier alpha value is -4.31. The molecule has 0 amide bonds. The number of benzene rings is 1. The molecule has 0 heterocycles. The number of esters is 1. The molecule has 0 aliphatic carbocycles. The topological polar surface area (TPSA) is 209 Å². The molecule has 17 heteroatoms. The fraction of sp³-hybridized carbons (Fsp3) is 0.462. The molecule has 164 valence electrons. The highest BCUT2D eigenvalue weighted by atomic mass is 16.7. The minimum absolute atomic E-state index is 0.00799. The molecule has 0 aromatic heterocycles. The van der Waals surface area contributed by atoms with Crippen LogP contribution in [0.3, 0.4) is 0 Å². The molecule has 0 atom stereocenters. The van der Waals surface area contributed by atoms with E-state index in [9.17, 15) is 45.3 Å². The van der Waals surface area contributed by atoms with Crippen molar-refractivity contribution < 1.29 is 29.6 Å². The lowest BCUT2D eigenvalue weighted by atomic mass is 10.2. The number of hydrazine groups is 3. The Labute approximate surface area is 167 Å². The lowest BCUT2D eigenvalue weighted by Gasteiger charge is -2.20. The number of carbonyl (C=O) groups is 1. The van der Waals surface area contributed by atoms with Crippen LogP contribution in [-0.4, -0.2) is 67.5 Å². The fourth-order valence-electron chi connectivity index (χ4n) is 2.17. The van der Waals surface area contributed by atoms with Crippen molar-refractivity contribution >= 4 is 11.7 Å². The van der Waals surface area contributed by atoms with Crippen LogP contribution in [0.1, 0.15) is 12.5 Å². The van der Waals surface area contributed by atoms with Crippen LogP contribution < -0.4 is 0 Å². The predicted molar refractivity (Wildman–Crippen MR) is 94.5 cm³/mol. The van der Waals surface area contributed by atoms with Gasteiger partial charge in [0.25, 0.3) is 5.69 Å². The van der Waals surface area contributed by atoms with Gasteiger partial charge in [0.1, 0.15) is 19.6 Å². The number of carbonyl (C=O) groups excluding carboxylic acids is 1. The molecule has 0 unspecified atom stereocenters. The maximum atomic E-state index is 11.3.